The Balaban J connectivity index is 2.29. The number of hydrogen-bond acceptors (Lipinski definition) is 5. The minimum Gasteiger partial charge on any atom is -0.438 e. The van der Waals surface area contributed by atoms with Crippen molar-refractivity contribution in [1.29, 1.82) is 0 Å². The number of halogens is 1. The molecule has 19 heavy (non-hydrogen) atoms. The van der Waals surface area contributed by atoms with E-state index in [0.29, 0.717) is 11.7 Å². The molecule has 0 fully saturated rings. The maximum absolute atomic E-state index is 5.78. The molecule has 0 aliphatic carbocycles. The Morgan fingerprint density at radius 2 is 2.11 bits per heavy atom. The zero-order valence-electron chi connectivity index (χ0n) is 10.6. The number of aromatic nitrogens is 2. The maximum atomic E-state index is 5.78. The first-order valence-corrected chi connectivity index (χ1v) is 7.07. The highest BCUT2D eigenvalue weighted by Gasteiger charge is 2.07. The molecule has 1 aromatic heterocycles. The van der Waals surface area contributed by atoms with Crippen molar-refractivity contribution in [1.82, 2.24) is 9.97 Å². The molecule has 0 amide bonds. The van der Waals surface area contributed by atoms with E-state index in [4.69, 9.17) is 10.6 Å². The van der Waals surface area contributed by atoms with E-state index >= 15 is 0 Å². The first-order chi connectivity index (χ1) is 9.22. The molecule has 2 aromatic rings. The quantitative estimate of drug-likeness (QED) is 0.481. The molecular weight excluding hydrogens is 355 g/mol. The summed E-state index contributed by atoms with van der Waals surface area (Å²) < 4.78 is 6.81. The minimum absolute atomic E-state index is 0.496. The lowest BCUT2D eigenvalue weighted by molar-refractivity contribution is 0.455. The Hall–Kier alpha value is -1.41. The smallest absolute Gasteiger partial charge is 0.224 e. The molecule has 5 nitrogen and oxygen atoms in total. The van der Waals surface area contributed by atoms with Crippen LogP contribution in [0.2, 0.25) is 0 Å². The number of ether oxygens (including phenoxy) is 1. The summed E-state index contributed by atoms with van der Waals surface area (Å²) in [7, 11) is 0. The van der Waals surface area contributed by atoms with Gasteiger partial charge in [0.25, 0.3) is 0 Å². The molecule has 0 aliphatic rings. The third-order valence-electron chi connectivity index (χ3n) is 2.42. The molecule has 0 atom stereocenters. The van der Waals surface area contributed by atoms with Gasteiger partial charge in [-0.05, 0) is 41.1 Å². The highest BCUT2D eigenvalue weighted by Crippen LogP contribution is 2.26. The first-order valence-electron chi connectivity index (χ1n) is 6.00. The third kappa shape index (κ3) is 3.77. The van der Waals surface area contributed by atoms with Crippen molar-refractivity contribution in [2.45, 2.75) is 19.8 Å². The lowest BCUT2D eigenvalue weighted by Gasteiger charge is -2.09. The molecule has 0 bridgehead atoms. The van der Waals surface area contributed by atoms with Crippen LogP contribution in [0.1, 0.15) is 19.2 Å². The van der Waals surface area contributed by atoms with E-state index < -0.39 is 0 Å². The van der Waals surface area contributed by atoms with E-state index in [2.05, 4.69) is 44.9 Å². The molecule has 0 aliphatic heterocycles. The Morgan fingerprint density at radius 3 is 2.79 bits per heavy atom. The summed E-state index contributed by atoms with van der Waals surface area (Å²) in [5, 5.41) is 0. The molecule has 1 heterocycles. The number of nitrogens with one attached hydrogen (secondary N) is 1. The van der Waals surface area contributed by atoms with Crippen molar-refractivity contribution in [3.05, 3.63) is 39.7 Å². The molecule has 0 saturated heterocycles. The fourth-order valence-corrected chi connectivity index (χ4v) is 2.07. The van der Waals surface area contributed by atoms with Gasteiger partial charge in [-0.1, -0.05) is 19.1 Å². The van der Waals surface area contributed by atoms with Crippen molar-refractivity contribution in [3.8, 4) is 11.6 Å². The second-order valence-corrected chi connectivity index (χ2v) is 5.10. The number of nitrogens with two attached hydrogens (primary N) is 1. The summed E-state index contributed by atoms with van der Waals surface area (Å²) in [5.74, 6) is 7.95. The van der Waals surface area contributed by atoms with E-state index in [9.17, 15) is 0 Å². The second-order valence-electron chi connectivity index (χ2n) is 3.93. The van der Waals surface area contributed by atoms with Crippen molar-refractivity contribution >= 4 is 28.4 Å². The van der Waals surface area contributed by atoms with Crippen molar-refractivity contribution < 1.29 is 4.74 Å². The molecule has 0 radical (unpaired) electrons. The van der Waals surface area contributed by atoms with Crippen LogP contribution in [0.3, 0.4) is 0 Å². The predicted molar refractivity (Wildman–Crippen MR) is 83.1 cm³/mol. The SMILES string of the molecule is CCCc1nc(NN)cc(Oc2ccccc2I)n1. The van der Waals surface area contributed by atoms with Gasteiger partial charge >= 0.3 is 0 Å². The lowest BCUT2D eigenvalue weighted by Crippen LogP contribution is -2.11. The lowest BCUT2D eigenvalue weighted by atomic mass is 10.3. The number of nitrogens with zero attached hydrogens (tertiary/aromatic N) is 2. The van der Waals surface area contributed by atoms with Crippen molar-refractivity contribution in [2.24, 2.45) is 5.84 Å². The van der Waals surface area contributed by atoms with Gasteiger partial charge in [-0.25, -0.2) is 10.8 Å². The maximum Gasteiger partial charge on any atom is 0.224 e. The molecule has 3 N–H and O–H groups in total. The summed E-state index contributed by atoms with van der Waals surface area (Å²) in [4.78, 5) is 8.65. The van der Waals surface area contributed by atoms with Crippen LogP contribution in [0.4, 0.5) is 5.82 Å². The highest BCUT2D eigenvalue weighted by molar-refractivity contribution is 14.1. The standard InChI is InChI=1S/C13H15IN4O/c1-2-5-11-16-12(18-15)8-13(17-11)19-10-7-4-3-6-9(10)14/h3-4,6-8H,2,5,15H2,1H3,(H,16,17,18). The Labute approximate surface area is 125 Å². The Kier molecular flexibility index (Phi) is 4.92. The fraction of sp³-hybridized carbons (Fsp3) is 0.231. The summed E-state index contributed by atoms with van der Waals surface area (Å²) in [6, 6.07) is 9.45. The van der Waals surface area contributed by atoms with Crippen LogP contribution in [0, 0.1) is 3.57 Å². The van der Waals surface area contributed by atoms with E-state index in [1.807, 2.05) is 24.3 Å². The molecule has 0 unspecified atom stereocenters. The van der Waals surface area contributed by atoms with Crippen LogP contribution in [0.25, 0.3) is 0 Å². The molecule has 0 spiro atoms. The number of anilines is 1. The number of nitrogen functional groups attached to an aromatic ring is 1. The first kappa shape index (κ1) is 14.0. The van der Waals surface area contributed by atoms with Crippen molar-refractivity contribution in [3.63, 3.8) is 0 Å². The largest absolute Gasteiger partial charge is 0.438 e. The molecule has 100 valence electrons. The molecule has 1 aromatic carbocycles. The summed E-state index contributed by atoms with van der Waals surface area (Å²) >= 11 is 2.22. The van der Waals surface area contributed by atoms with Crippen LogP contribution in [0.15, 0.2) is 30.3 Å². The zero-order chi connectivity index (χ0) is 13.7. The summed E-state index contributed by atoms with van der Waals surface area (Å²) in [6.45, 7) is 2.08. The summed E-state index contributed by atoms with van der Waals surface area (Å²) in [6.07, 6.45) is 1.76. The van der Waals surface area contributed by atoms with Crippen LogP contribution in [0.5, 0.6) is 11.6 Å². The monoisotopic (exact) mass is 370 g/mol. The molecule has 6 heteroatoms. The topological polar surface area (TPSA) is 73.1 Å². The van der Waals surface area contributed by atoms with E-state index in [1.54, 1.807) is 6.07 Å². The number of rotatable bonds is 5. The van der Waals surface area contributed by atoms with Gasteiger partial charge in [0.15, 0.2) is 0 Å². The number of para-hydroxylation sites is 1. The zero-order valence-corrected chi connectivity index (χ0v) is 12.7. The molecule has 2 rings (SSSR count). The van der Waals surface area contributed by atoms with Crippen LogP contribution in [-0.2, 0) is 6.42 Å². The van der Waals surface area contributed by atoms with E-state index in [-0.39, 0.29) is 0 Å². The normalized spacial score (nSPS) is 10.3. The molecular formula is C13H15IN4O. The van der Waals surface area contributed by atoms with Gasteiger partial charge < -0.3 is 10.2 Å². The van der Waals surface area contributed by atoms with E-state index in [0.717, 1.165) is 28.0 Å². The van der Waals surface area contributed by atoms with E-state index in [1.165, 1.54) is 0 Å². The van der Waals surface area contributed by atoms with Crippen LogP contribution < -0.4 is 16.0 Å². The van der Waals surface area contributed by atoms with Gasteiger partial charge in [0, 0.05) is 12.5 Å². The van der Waals surface area contributed by atoms with Gasteiger partial charge in [0.05, 0.1) is 3.57 Å². The highest BCUT2D eigenvalue weighted by atomic mass is 127. The van der Waals surface area contributed by atoms with Gasteiger partial charge in [-0.15, -0.1) is 0 Å². The average molecular weight is 370 g/mol. The van der Waals surface area contributed by atoms with Gasteiger partial charge in [0.1, 0.15) is 17.4 Å². The van der Waals surface area contributed by atoms with Gasteiger partial charge in [-0.3, -0.25) is 0 Å². The van der Waals surface area contributed by atoms with Crippen LogP contribution >= 0.6 is 22.6 Å². The fourth-order valence-electron chi connectivity index (χ4n) is 1.57. The number of aryl methyl sites for hydroxylation is 1. The van der Waals surface area contributed by atoms with Crippen LogP contribution in [-0.4, -0.2) is 9.97 Å². The number of benzene rings is 1. The van der Waals surface area contributed by atoms with Gasteiger partial charge in [-0.2, -0.15) is 4.98 Å². The number of hydrazine groups is 1. The third-order valence-corrected chi connectivity index (χ3v) is 3.31. The Morgan fingerprint density at radius 1 is 1.32 bits per heavy atom. The van der Waals surface area contributed by atoms with Gasteiger partial charge in [0.2, 0.25) is 5.88 Å². The second kappa shape index (κ2) is 6.67. The average Bonchev–Trinajstić information content (AvgIpc) is 2.41. The minimum atomic E-state index is 0.496. The van der Waals surface area contributed by atoms with Crippen molar-refractivity contribution in [2.75, 3.05) is 5.43 Å². The predicted octanol–water partition coefficient (Wildman–Crippen LogP) is 3.11. The summed E-state index contributed by atoms with van der Waals surface area (Å²) in [5.41, 5.74) is 2.53. The Bertz CT molecular complexity index is 562. The number of hydrogen-bond donors (Lipinski definition) is 2. The molecule has 0 saturated carbocycles.